The Morgan fingerprint density at radius 3 is 2.92 bits per heavy atom. The number of nitrogens with one attached hydrogen (secondary N) is 1. The van der Waals surface area contributed by atoms with E-state index in [1.807, 2.05) is 4.90 Å². The van der Waals surface area contributed by atoms with Gasteiger partial charge in [-0.1, -0.05) is 0 Å². The molecular weight excluding hydrogens is 330 g/mol. The fraction of sp³-hybridized carbons (Fsp3) is 0.353. The first kappa shape index (κ1) is 17.1. The van der Waals surface area contributed by atoms with Crippen molar-refractivity contribution in [3.63, 3.8) is 0 Å². The number of hydrogen-bond donors (Lipinski definition) is 1. The summed E-state index contributed by atoms with van der Waals surface area (Å²) in [5, 5.41) is 6.62. The first-order chi connectivity index (χ1) is 11.9. The van der Waals surface area contributed by atoms with Crippen molar-refractivity contribution in [1.29, 1.82) is 0 Å². The topological polar surface area (TPSA) is 67.2 Å². The highest BCUT2D eigenvalue weighted by Gasteiger charge is 2.28. The number of carbonyl (C=O) groups excluding carboxylic acids is 1. The molecule has 25 heavy (non-hydrogen) atoms. The van der Waals surface area contributed by atoms with Crippen LogP contribution in [0.2, 0.25) is 0 Å². The standard InChI is InChI=1S/C17H18F2N4O2/c1-22-16(24)7-14(9-21-22)23-5-4-11(10-23)17(25)20-8-12-6-13(18)2-3-15(12)19/h2-3,6-7,9,11H,4-5,8,10H2,1H3,(H,20,25). The number of amides is 1. The number of halogens is 2. The molecule has 8 heteroatoms. The van der Waals surface area contributed by atoms with E-state index >= 15 is 0 Å². The Labute approximate surface area is 143 Å². The van der Waals surface area contributed by atoms with Gasteiger partial charge in [0.05, 0.1) is 17.8 Å². The van der Waals surface area contributed by atoms with Crippen molar-refractivity contribution in [3.8, 4) is 0 Å². The van der Waals surface area contributed by atoms with Gasteiger partial charge in [-0.25, -0.2) is 13.5 Å². The van der Waals surface area contributed by atoms with E-state index in [0.29, 0.717) is 25.2 Å². The fourth-order valence-corrected chi connectivity index (χ4v) is 2.85. The van der Waals surface area contributed by atoms with Gasteiger partial charge >= 0.3 is 0 Å². The molecule has 0 spiro atoms. The molecule has 1 atom stereocenters. The maximum Gasteiger partial charge on any atom is 0.268 e. The predicted molar refractivity (Wildman–Crippen MR) is 88.0 cm³/mol. The third kappa shape index (κ3) is 3.84. The van der Waals surface area contributed by atoms with E-state index in [9.17, 15) is 18.4 Å². The maximum absolute atomic E-state index is 13.6. The average molecular weight is 348 g/mol. The van der Waals surface area contributed by atoms with Gasteiger partial charge in [-0.2, -0.15) is 5.10 Å². The molecule has 0 aliphatic carbocycles. The Morgan fingerprint density at radius 2 is 2.16 bits per heavy atom. The molecule has 0 bridgehead atoms. The highest BCUT2D eigenvalue weighted by molar-refractivity contribution is 5.80. The Bertz CT molecular complexity index is 853. The van der Waals surface area contributed by atoms with Crippen LogP contribution >= 0.6 is 0 Å². The molecule has 3 rings (SSSR count). The van der Waals surface area contributed by atoms with E-state index in [1.165, 1.54) is 10.7 Å². The van der Waals surface area contributed by atoms with Crippen LogP contribution in [0.15, 0.2) is 35.3 Å². The van der Waals surface area contributed by atoms with Crippen molar-refractivity contribution in [1.82, 2.24) is 15.1 Å². The van der Waals surface area contributed by atoms with Gasteiger partial charge < -0.3 is 10.2 Å². The monoisotopic (exact) mass is 348 g/mol. The van der Waals surface area contributed by atoms with Gasteiger partial charge in [-0.15, -0.1) is 0 Å². The van der Waals surface area contributed by atoms with E-state index in [1.54, 1.807) is 13.2 Å². The second kappa shape index (κ2) is 7.00. The number of hydrogen-bond acceptors (Lipinski definition) is 4. The Morgan fingerprint density at radius 1 is 1.36 bits per heavy atom. The molecule has 0 saturated carbocycles. The quantitative estimate of drug-likeness (QED) is 0.902. The van der Waals surface area contributed by atoms with E-state index in [0.717, 1.165) is 18.2 Å². The molecule has 2 heterocycles. The first-order valence-electron chi connectivity index (χ1n) is 7.94. The highest BCUT2D eigenvalue weighted by Crippen LogP contribution is 2.22. The Kier molecular flexibility index (Phi) is 4.78. The molecule has 0 radical (unpaired) electrons. The van der Waals surface area contributed by atoms with Crippen molar-refractivity contribution in [2.75, 3.05) is 18.0 Å². The number of anilines is 1. The lowest BCUT2D eigenvalue weighted by molar-refractivity contribution is -0.124. The molecular formula is C17H18F2N4O2. The van der Waals surface area contributed by atoms with E-state index < -0.39 is 11.6 Å². The van der Waals surface area contributed by atoms with Gasteiger partial charge in [0.25, 0.3) is 5.56 Å². The predicted octanol–water partition coefficient (Wildman–Crippen LogP) is 1.20. The first-order valence-corrected chi connectivity index (χ1v) is 7.94. The van der Waals surface area contributed by atoms with Crippen LogP contribution in [-0.2, 0) is 18.4 Å². The number of aromatic nitrogens is 2. The smallest absolute Gasteiger partial charge is 0.268 e. The summed E-state index contributed by atoms with van der Waals surface area (Å²) < 4.78 is 28.0. The number of benzene rings is 1. The Hall–Kier alpha value is -2.77. The zero-order valence-corrected chi connectivity index (χ0v) is 13.7. The van der Waals surface area contributed by atoms with Crippen molar-refractivity contribution >= 4 is 11.6 Å². The summed E-state index contributed by atoms with van der Waals surface area (Å²) in [6.45, 7) is 1.01. The molecule has 1 unspecified atom stereocenters. The largest absolute Gasteiger partial charge is 0.369 e. The molecule has 1 aromatic carbocycles. The number of nitrogens with zero attached hydrogens (tertiary/aromatic N) is 3. The van der Waals surface area contributed by atoms with Crippen molar-refractivity contribution in [3.05, 3.63) is 58.0 Å². The summed E-state index contributed by atoms with van der Waals surface area (Å²) >= 11 is 0. The molecule has 1 aliphatic heterocycles. The van der Waals surface area contributed by atoms with E-state index in [-0.39, 0.29) is 29.5 Å². The summed E-state index contributed by atoms with van der Waals surface area (Å²) in [6, 6.07) is 4.63. The minimum atomic E-state index is -0.555. The highest BCUT2D eigenvalue weighted by atomic mass is 19.1. The molecule has 1 amide bonds. The van der Waals surface area contributed by atoms with Crippen LogP contribution in [-0.4, -0.2) is 28.8 Å². The molecule has 1 aromatic heterocycles. The normalized spacial score (nSPS) is 16.9. The maximum atomic E-state index is 13.6. The summed E-state index contributed by atoms with van der Waals surface area (Å²) in [7, 11) is 1.57. The van der Waals surface area contributed by atoms with Crippen LogP contribution in [0.4, 0.5) is 14.5 Å². The van der Waals surface area contributed by atoms with E-state index in [2.05, 4.69) is 10.4 Å². The molecule has 132 valence electrons. The van der Waals surface area contributed by atoms with Gasteiger partial charge in [0.2, 0.25) is 5.91 Å². The molecule has 1 fully saturated rings. The second-order valence-electron chi connectivity index (χ2n) is 6.06. The lowest BCUT2D eigenvalue weighted by Gasteiger charge is -2.18. The summed E-state index contributed by atoms with van der Waals surface area (Å²) in [6.07, 6.45) is 2.20. The molecule has 1 saturated heterocycles. The van der Waals surface area contributed by atoms with Gasteiger partial charge in [0.15, 0.2) is 0 Å². The van der Waals surface area contributed by atoms with Crippen LogP contribution in [0, 0.1) is 17.6 Å². The lowest BCUT2D eigenvalue weighted by Crippen LogP contribution is -2.33. The minimum absolute atomic E-state index is 0.0631. The SMILES string of the molecule is Cn1ncc(N2CCC(C(=O)NCc3cc(F)ccc3F)C2)cc1=O. The molecule has 2 aromatic rings. The van der Waals surface area contributed by atoms with Gasteiger partial charge in [0.1, 0.15) is 11.6 Å². The summed E-state index contributed by atoms with van der Waals surface area (Å²) in [4.78, 5) is 25.9. The van der Waals surface area contributed by atoms with Crippen LogP contribution in [0.5, 0.6) is 0 Å². The van der Waals surface area contributed by atoms with Gasteiger partial charge in [0, 0.05) is 38.3 Å². The van der Waals surface area contributed by atoms with Crippen LogP contribution in [0.1, 0.15) is 12.0 Å². The van der Waals surface area contributed by atoms with Gasteiger partial charge in [-0.05, 0) is 24.6 Å². The van der Waals surface area contributed by atoms with E-state index in [4.69, 9.17) is 0 Å². The number of aryl methyl sites for hydroxylation is 1. The number of rotatable bonds is 4. The molecule has 6 nitrogen and oxygen atoms in total. The number of carbonyl (C=O) groups is 1. The van der Waals surface area contributed by atoms with Gasteiger partial charge in [-0.3, -0.25) is 9.59 Å². The van der Waals surface area contributed by atoms with Crippen LogP contribution < -0.4 is 15.8 Å². The minimum Gasteiger partial charge on any atom is -0.369 e. The summed E-state index contributed by atoms with van der Waals surface area (Å²) in [5.74, 6) is -1.60. The van der Waals surface area contributed by atoms with Crippen LogP contribution in [0.25, 0.3) is 0 Å². The third-order valence-corrected chi connectivity index (χ3v) is 4.34. The lowest BCUT2D eigenvalue weighted by atomic mass is 10.1. The third-order valence-electron chi connectivity index (χ3n) is 4.34. The van der Waals surface area contributed by atoms with Crippen LogP contribution in [0.3, 0.4) is 0 Å². The van der Waals surface area contributed by atoms with Crippen molar-refractivity contribution in [2.45, 2.75) is 13.0 Å². The average Bonchev–Trinajstić information content (AvgIpc) is 3.08. The zero-order chi connectivity index (χ0) is 18.0. The second-order valence-corrected chi connectivity index (χ2v) is 6.06. The van der Waals surface area contributed by atoms with Crippen molar-refractivity contribution in [2.24, 2.45) is 13.0 Å². The molecule has 1 aliphatic rings. The summed E-state index contributed by atoms with van der Waals surface area (Å²) in [5.41, 5.74) is 0.570. The molecule has 1 N–H and O–H groups in total. The fourth-order valence-electron chi connectivity index (χ4n) is 2.85. The Balaban J connectivity index is 1.59. The zero-order valence-electron chi connectivity index (χ0n) is 13.7. The van der Waals surface area contributed by atoms with Crippen molar-refractivity contribution < 1.29 is 13.6 Å².